The minimum Gasteiger partial charge on any atom is -0.495 e. The summed E-state index contributed by atoms with van der Waals surface area (Å²) >= 11 is 1.57. The number of carbonyl (C=O) groups excluding carboxylic acids is 5. The Morgan fingerprint density at radius 1 is 0.851 bits per heavy atom. The summed E-state index contributed by atoms with van der Waals surface area (Å²) in [5.41, 5.74) is 6.44. The molecule has 0 bridgehead atoms. The summed E-state index contributed by atoms with van der Waals surface area (Å²) in [6.45, 7) is 8.56. The minimum atomic E-state index is -4.16. The zero-order chi connectivity index (χ0) is 53.4. The Balaban J connectivity index is 0.845. The number of alkyl halides is 3. The van der Waals surface area contributed by atoms with E-state index in [1.165, 1.54) is 18.2 Å². The fourth-order valence-corrected chi connectivity index (χ4v) is 10.3. The number of aliphatic hydroxyl groups excluding tert-OH is 1. The SMILES string of the molecule is COc1cnc(C(=O)NCc2cccc(CC(=O)NCCCCCCCCC(=O)N[C@H](C(=O)N3C[C@H](O)C[C@H]3C(=O)NCc3ccc(-c4scnc4C)cc3)C(C)(C)C)c2)cc1/C=C/C1CCC(C(F)(F)F)CC1. The normalized spacial score (nSPS) is 18.5. The molecule has 18 heteroatoms. The highest BCUT2D eigenvalue weighted by molar-refractivity contribution is 7.13. The molecule has 2 aromatic carbocycles. The van der Waals surface area contributed by atoms with Crippen LogP contribution in [0, 0.1) is 24.2 Å². The van der Waals surface area contributed by atoms with Gasteiger partial charge in [-0.1, -0.05) is 107 Å². The van der Waals surface area contributed by atoms with E-state index < -0.39 is 47.5 Å². The van der Waals surface area contributed by atoms with Crippen LogP contribution in [0.3, 0.4) is 0 Å². The van der Waals surface area contributed by atoms with E-state index in [1.54, 1.807) is 23.5 Å². The van der Waals surface area contributed by atoms with Crippen molar-refractivity contribution >= 4 is 46.9 Å². The van der Waals surface area contributed by atoms with Crippen LogP contribution in [-0.2, 0) is 38.7 Å². The van der Waals surface area contributed by atoms with Gasteiger partial charge in [-0.05, 0) is 85.1 Å². The highest BCUT2D eigenvalue weighted by Crippen LogP contribution is 2.40. The van der Waals surface area contributed by atoms with Crippen LogP contribution in [0.2, 0.25) is 0 Å². The predicted molar refractivity (Wildman–Crippen MR) is 280 cm³/mol. The summed E-state index contributed by atoms with van der Waals surface area (Å²) in [5, 5.41) is 22.3. The first-order chi connectivity index (χ1) is 35.3. The van der Waals surface area contributed by atoms with Crippen LogP contribution in [0.15, 0.2) is 72.4 Å². The smallest absolute Gasteiger partial charge is 0.391 e. The molecule has 2 fully saturated rings. The third kappa shape index (κ3) is 16.9. The van der Waals surface area contributed by atoms with Gasteiger partial charge < -0.3 is 36.0 Å². The molecule has 6 rings (SSSR count). The number of pyridine rings is 1. The molecule has 5 amide bonds. The van der Waals surface area contributed by atoms with Gasteiger partial charge in [0.15, 0.2) is 0 Å². The number of methoxy groups -OCH3 is 1. The fraction of sp³-hybridized carbons (Fsp3) is 0.518. The first-order valence-electron chi connectivity index (χ1n) is 25.8. The summed E-state index contributed by atoms with van der Waals surface area (Å²) < 4.78 is 44.8. The summed E-state index contributed by atoms with van der Waals surface area (Å²) in [7, 11) is 1.49. The highest BCUT2D eigenvalue weighted by Gasteiger charge is 2.45. The Bertz CT molecular complexity index is 2550. The molecule has 1 aliphatic heterocycles. The van der Waals surface area contributed by atoms with Gasteiger partial charge in [0.05, 0.1) is 47.8 Å². The summed E-state index contributed by atoms with van der Waals surface area (Å²) in [6.07, 6.45) is 6.75. The number of β-amino-alcohol motifs (C(OH)–C–C–N with tert-alkyl or cyclic N) is 1. The molecule has 0 spiro atoms. The van der Waals surface area contributed by atoms with Gasteiger partial charge in [-0.2, -0.15) is 13.2 Å². The quantitative estimate of drug-likeness (QED) is 0.0451. The third-order valence-corrected chi connectivity index (χ3v) is 14.8. The molecule has 5 N–H and O–H groups in total. The van der Waals surface area contributed by atoms with Crippen molar-refractivity contribution in [1.29, 1.82) is 0 Å². The summed E-state index contributed by atoms with van der Waals surface area (Å²) in [5.74, 6) is -2.31. The van der Waals surface area contributed by atoms with E-state index in [2.05, 4.69) is 31.2 Å². The maximum atomic E-state index is 14.0. The van der Waals surface area contributed by atoms with Crippen LogP contribution in [0.4, 0.5) is 13.2 Å². The molecule has 2 aliphatic rings. The standard InChI is InChI=1S/C56H72F3N7O7S/c1-36-50(74-35-64-36)41-21-17-38(18-22-41)31-63-53(71)46-30-44(67)34-66(46)54(72)51(55(2,3)4)65-48(68)15-10-8-6-7-9-11-26-60-49(69)28-39-13-12-14-40(27-39)32-62-52(70)45-29-42(47(73-5)33-61-45)23-16-37-19-24-43(25-20-37)56(57,58)59/h12-14,16-18,21-23,27,29,33,35,37,43-44,46,51,67H,6-11,15,19-20,24-26,28,30-32,34H2,1-5H3,(H,60,69)(H,62,70)(H,63,71)(H,65,68)/b23-16+/t37?,43?,44-,46+,51-/m1/s1. The Kier molecular flexibility index (Phi) is 20.8. The van der Waals surface area contributed by atoms with Crippen LogP contribution in [0.1, 0.15) is 136 Å². The Morgan fingerprint density at radius 2 is 1.54 bits per heavy atom. The van der Waals surface area contributed by atoms with Crippen molar-refractivity contribution in [2.24, 2.45) is 17.3 Å². The number of rotatable bonds is 23. The first-order valence-corrected chi connectivity index (χ1v) is 26.6. The highest BCUT2D eigenvalue weighted by atomic mass is 32.1. The molecule has 1 saturated carbocycles. The van der Waals surface area contributed by atoms with Gasteiger partial charge in [-0.15, -0.1) is 11.3 Å². The minimum absolute atomic E-state index is 0.00410. The van der Waals surface area contributed by atoms with Crippen molar-refractivity contribution in [2.45, 2.75) is 149 Å². The number of hydrogen-bond donors (Lipinski definition) is 5. The molecule has 1 aliphatic carbocycles. The second-order valence-corrected chi connectivity index (χ2v) is 21.5. The van der Waals surface area contributed by atoms with Crippen molar-refractivity contribution < 1.29 is 47.0 Å². The molecular weight excluding hydrogens is 972 g/mol. The van der Waals surface area contributed by atoms with E-state index in [1.807, 2.05) is 87.8 Å². The summed E-state index contributed by atoms with van der Waals surface area (Å²) in [4.78, 5) is 77.6. The zero-order valence-electron chi connectivity index (χ0n) is 43.2. The van der Waals surface area contributed by atoms with Gasteiger partial charge in [0.25, 0.3) is 5.91 Å². The zero-order valence-corrected chi connectivity index (χ0v) is 44.0. The lowest BCUT2D eigenvalue weighted by molar-refractivity contribution is -0.183. The maximum Gasteiger partial charge on any atom is 0.391 e. The number of aryl methyl sites for hydroxylation is 1. The number of unbranched alkanes of at least 4 members (excludes halogenated alkanes) is 5. The number of carbonyl (C=O) groups is 5. The van der Waals surface area contributed by atoms with Crippen LogP contribution in [0.25, 0.3) is 16.5 Å². The van der Waals surface area contributed by atoms with E-state index in [-0.39, 0.29) is 81.1 Å². The Morgan fingerprint density at radius 3 is 2.22 bits per heavy atom. The van der Waals surface area contributed by atoms with Gasteiger partial charge in [-0.3, -0.25) is 24.0 Å². The molecule has 4 aromatic rings. The van der Waals surface area contributed by atoms with Crippen LogP contribution >= 0.6 is 11.3 Å². The number of likely N-dealkylation sites (tertiary alicyclic amines) is 1. The Hall–Kier alpha value is -6.14. The maximum absolute atomic E-state index is 14.0. The van der Waals surface area contributed by atoms with Crippen molar-refractivity contribution in [2.75, 3.05) is 20.2 Å². The molecule has 0 unspecified atom stereocenters. The van der Waals surface area contributed by atoms with Crippen molar-refractivity contribution in [3.8, 4) is 16.2 Å². The van der Waals surface area contributed by atoms with E-state index >= 15 is 0 Å². The molecule has 400 valence electrons. The molecule has 1 saturated heterocycles. The third-order valence-electron chi connectivity index (χ3n) is 13.8. The second-order valence-electron chi connectivity index (χ2n) is 20.7. The lowest BCUT2D eigenvalue weighted by Gasteiger charge is -2.35. The average molecular weight is 1040 g/mol. The van der Waals surface area contributed by atoms with E-state index in [0.717, 1.165) is 64.9 Å². The first kappa shape index (κ1) is 57.1. The van der Waals surface area contributed by atoms with Crippen LogP contribution in [0.5, 0.6) is 5.75 Å². The molecule has 74 heavy (non-hydrogen) atoms. The van der Waals surface area contributed by atoms with Crippen molar-refractivity contribution in [1.82, 2.24) is 36.1 Å². The number of ether oxygens (including phenoxy) is 1. The number of benzene rings is 2. The number of nitrogens with one attached hydrogen (secondary N) is 4. The van der Waals surface area contributed by atoms with Gasteiger partial charge in [0.1, 0.15) is 23.5 Å². The number of thiazole rings is 1. The molecule has 2 aromatic heterocycles. The summed E-state index contributed by atoms with van der Waals surface area (Å²) in [6, 6.07) is 15.1. The number of amides is 5. The van der Waals surface area contributed by atoms with Crippen molar-refractivity contribution in [3.05, 3.63) is 106 Å². The van der Waals surface area contributed by atoms with Gasteiger partial charge in [-0.25, -0.2) is 9.97 Å². The monoisotopic (exact) mass is 1040 g/mol. The lowest BCUT2D eigenvalue weighted by atomic mass is 9.81. The van der Waals surface area contributed by atoms with Gasteiger partial charge in [0, 0.05) is 44.6 Å². The molecule has 3 atom stereocenters. The number of hydrogen-bond acceptors (Lipinski definition) is 10. The topological polar surface area (TPSA) is 192 Å². The molecule has 14 nitrogen and oxygen atoms in total. The average Bonchev–Trinajstić information content (AvgIpc) is 3.99. The van der Waals surface area contributed by atoms with E-state index in [9.17, 15) is 42.3 Å². The van der Waals surface area contributed by atoms with E-state index in [0.29, 0.717) is 37.1 Å². The molecular formula is C56H72F3N7O7S. The van der Waals surface area contributed by atoms with Crippen LogP contribution < -0.4 is 26.0 Å². The van der Waals surface area contributed by atoms with Crippen molar-refractivity contribution in [3.63, 3.8) is 0 Å². The predicted octanol–water partition coefficient (Wildman–Crippen LogP) is 9.03. The largest absolute Gasteiger partial charge is 0.495 e. The van der Waals surface area contributed by atoms with Crippen LogP contribution in [-0.4, -0.2) is 94.1 Å². The molecule has 0 radical (unpaired) electrons. The number of halogens is 3. The number of allylic oxidation sites excluding steroid dienone is 1. The van der Waals surface area contributed by atoms with Gasteiger partial charge >= 0.3 is 6.18 Å². The fourth-order valence-electron chi connectivity index (χ4n) is 9.49. The second kappa shape index (κ2) is 26.9. The number of aliphatic hydroxyl groups is 1. The van der Waals surface area contributed by atoms with E-state index in [4.69, 9.17) is 4.74 Å². The Labute approximate surface area is 436 Å². The molecule has 3 heterocycles. The van der Waals surface area contributed by atoms with Gasteiger partial charge in [0.2, 0.25) is 23.6 Å². The lowest BCUT2D eigenvalue weighted by Crippen LogP contribution is -2.57. The number of aromatic nitrogens is 2. The number of nitrogens with zero attached hydrogens (tertiary/aromatic N) is 3.